The van der Waals surface area contributed by atoms with Crippen molar-refractivity contribution in [2.24, 2.45) is 0 Å². The monoisotopic (exact) mass is 250 g/mol. The summed E-state index contributed by atoms with van der Waals surface area (Å²) in [6, 6.07) is 0. The molecule has 0 aliphatic carbocycles. The third-order valence-corrected chi connectivity index (χ3v) is 2.58. The van der Waals surface area contributed by atoms with E-state index in [1.54, 1.807) is 25.0 Å². The molecule has 2 rings (SSSR count). The molecule has 1 unspecified atom stereocenters. The van der Waals surface area contributed by atoms with E-state index in [0.717, 1.165) is 6.54 Å². The number of aromatic nitrogens is 4. The zero-order valence-electron chi connectivity index (χ0n) is 10.5. The molecular formula is C12H18N4O2. The van der Waals surface area contributed by atoms with E-state index in [-0.39, 0.29) is 6.23 Å². The molecule has 0 saturated heterocycles. The first-order chi connectivity index (χ1) is 8.86. The summed E-state index contributed by atoms with van der Waals surface area (Å²) in [6.07, 6.45) is 10.8. The minimum absolute atomic E-state index is 0.00949. The van der Waals surface area contributed by atoms with Crippen LogP contribution in [0.2, 0.25) is 0 Å². The summed E-state index contributed by atoms with van der Waals surface area (Å²) in [5, 5.41) is 0. The van der Waals surface area contributed by atoms with Crippen molar-refractivity contribution in [2.75, 3.05) is 19.8 Å². The fourth-order valence-corrected chi connectivity index (χ4v) is 1.54. The van der Waals surface area contributed by atoms with Crippen LogP contribution in [-0.4, -0.2) is 38.9 Å². The van der Waals surface area contributed by atoms with Crippen molar-refractivity contribution in [1.82, 2.24) is 19.1 Å². The number of nitrogens with zero attached hydrogens (tertiary/aromatic N) is 4. The van der Waals surface area contributed by atoms with E-state index in [4.69, 9.17) is 9.47 Å². The third kappa shape index (κ3) is 3.97. The van der Waals surface area contributed by atoms with Crippen LogP contribution in [0.5, 0.6) is 0 Å². The average molecular weight is 250 g/mol. The second-order valence-electron chi connectivity index (χ2n) is 3.89. The number of ether oxygens (including phenoxy) is 2. The van der Waals surface area contributed by atoms with E-state index in [2.05, 4.69) is 9.97 Å². The van der Waals surface area contributed by atoms with Gasteiger partial charge in [-0.1, -0.05) is 0 Å². The molecule has 0 saturated carbocycles. The Balaban J connectivity index is 1.51. The number of hydrogen-bond donors (Lipinski definition) is 0. The Hall–Kier alpha value is -1.66. The van der Waals surface area contributed by atoms with Gasteiger partial charge in [-0.25, -0.2) is 9.97 Å². The SMILES string of the molecule is CC(OCCOCCn1ccnc1)n1ccnc1. The highest BCUT2D eigenvalue weighted by atomic mass is 16.5. The Labute approximate surface area is 106 Å². The maximum Gasteiger partial charge on any atom is 0.132 e. The Kier molecular flexibility index (Phi) is 4.92. The minimum atomic E-state index is -0.00949. The predicted octanol–water partition coefficient (Wildman–Crippen LogP) is 1.33. The van der Waals surface area contributed by atoms with Gasteiger partial charge in [0.1, 0.15) is 6.23 Å². The predicted molar refractivity (Wildman–Crippen MR) is 65.9 cm³/mol. The highest BCUT2D eigenvalue weighted by Gasteiger charge is 2.02. The molecule has 0 amide bonds. The van der Waals surface area contributed by atoms with Crippen LogP contribution in [-0.2, 0) is 16.0 Å². The first-order valence-electron chi connectivity index (χ1n) is 5.99. The maximum atomic E-state index is 5.60. The molecule has 6 nitrogen and oxygen atoms in total. The summed E-state index contributed by atoms with van der Waals surface area (Å²) in [5.41, 5.74) is 0. The largest absolute Gasteiger partial charge is 0.377 e. The molecule has 1 atom stereocenters. The summed E-state index contributed by atoms with van der Waals surface area (Å²) < 4.78 is 15.0. The molecule has 0 aliphatic heterocycles. The summed E-state index contributed by atoms with van der Waals surface area (Å²) >= 11 is 0. The van der Waals surface area contributed by atoms with Gasteiger partial charge in [-0.05, 0) is 6.92 Å². The van der Waals surface area contributed by atoms with Gasteiger partial charge in [0.25, 0.3) is 0 Å². The molecule has 2 aromatic heterocycles. The number of imidazole rings is 2. The van der Waals surface area contributed by atoms with Crippen LogP contribution in [0.1, 0.15) is 13.2 Å². The molecule has 0 spiro atoms. The normalized spacial score (nSPS) is 12.7. The van der Waals surface area contributed by atoms with Gasteiger partial charge in [-0.2, -0.15) is 0 Å². The fraction of sp³-hybridized carbons (Fsp3) is 0.500. The molecule has 98 valence electrons. The third-order valence-electron chi connectivity index (χ3n) is 2.58. The van der Waals surface area contributed by atoms with Crippen LogP contribution in [0.15, 0.2) is 37.4 Å². The van der Waals surface area contributed by atoms with Crippen molar-refractivity contribution in [3.05, 3.63) is 37.4 Å². The van der Waals surface area contributed by atoms with Crippen molar-refractivity contribution >= 4 is 0 Å². The Bertz CT molecular complexity index is 413. The Morgan fingerprint density at radius 2 is 1.89 bits per heavy atom. The topological polar surface area (TPSA) is 54.1 Å². The number of hydrogen-bond acceptors (Lipinski definition) is 4. The van der Waals surface area contributed by atoms with Crippen molar-refractivity contribution < 1.29 is 9.47 Å². The second kappa shape index (κ2) is 6.93. The van der Waals surface area contributed by atoms with E-state index in [1.165, 1.54) is 0 Å². The van der Waals surface area contributed by atoms with E-state index < -0.39 is 0 Å². The molecular weight excluding hydrogens is 232 g/mol. The van der Waals surface area contributed by atoms with Crippen LogP contribution in [0.4, 0.5) is 0 Å². The smallest absolute Gasteiger partial charge is 0.132 e. The lowest BCUT2D eigenvalue weighted by Crippen LogP contribution is -2.13. The van der Waals surface area contributed by atoms with Crippen LogP contribution in [0, 0.1) is 0 Å². The van der Waals surface area contributed by atoms with Crippen molar-refractivity contribution in [3.63, 3.8) is 0 Å². The lowest BCUT2D eigenvalue weighted by molar-refractivity contribution is -0.0214. The standard InChI is InChI=1S/C12H18N4O2/c1-12(16-5-3-14-11-16)18-9-8-17-7-6-15-4-2-13-10-15/h2-5,10-12H,6-9H2,1H3. The van der Waals surface area contributed by atoms with Crippen molar-refractivity contribution in [2.45, 2.75) is 19.7 Å². The van der Waals surface area contributed by atoms with E-state index in [9.17, 15) is 0 Å². The first kappa shape index (κ1) is 12.8. The maximum absolute atomic E-state index is 5.60. The van der Waals surface area contributed by atoms with Gasteiger partial charge < -0.3 is 18.6 Å². The van der Waals surface area contributed by atoms with Gasteiger partial charge in [-0.15, -0.1) is 0 Å². The number of rotatable bonds is 8. The quantitative estimate of drug-likeness (QED) is 0.663. The van der Waals surface area contributed by atoms with Gasteiger partial charge in [-0.3, -0.25) is 0 Å². The van der Waals surface area contributed by atoms with Crippen molar-refractivity contribution in [1.29, 1.82) is 0 Å². The van der Waals surface area contributed by atoms with Gasteiger partial charge in [0.15, 0.2) is 0 Å². The van der Waals surface area contributed by atoms with Crippen LogP contribution in [0.25, 0.3) is 0 Å². The molecule has 0 N–H and O–H groups in total. The molecule has 6 heteroatoms. The van der Waals surface area contributed by atoms with Crippen molar-refractivity contribution in [3.8, 4) is 0 Å². The lowest BCUT2D eigenvalue weighted by Gasteiger charge is -2.14. The Morgan fingerprint density at radius 3 is 2.61 bits per heavy atom. The molecule has 2 aromatic rings. The molecule has 0 radical (unpaired) electrons. The van der Waals surface area contributed by atoms with Crippen LogP contribution >= 0.6 is 0 Å². The fourth-order valence-electron chi connectivity index (χ4n) is 1.54. The molecule has 0 aromatic carbocycles. The lowest BCUT2D eigenvalue weighted by atomic mass is 10.6. The minimum Gasteiger partial charge on any atom is -0.377 e. The molecule has 0 fully saturated rings. The van der Waals surface area contributed by atoms with Gasteiger partial charge in [0.05, 0.1) is 32.5 Å². The van der Waals surface area contributed by atoms with Gasteiger partial charge in [0.2, 0.25) is 0 Å². The average Bonchev–Trinajstić information content (AvgIpc) is 3.05. The van der Waals surface area contributed by atoms with Crippen LogP contribution in [0.3, 0.4) is 0 Å². The van der Waals surface area contributed by atoms with E-state index >= 15 is 0 Å². The highest BCUT2D eigenvalue weighted by molar-refractivity contribution is 4.75. The second-order valence-corrected chi connectivity index (χ2v) is 3.89. The highest BCUT2D eigenvalue weighted by Crippen LogP contribution is 2.05. The zero-order chi connectivity index (χ0) is 12.6. The molecule has 0 aliphatic rings. The summed E-state index contributed by atoms with van der Waals surface area (Å²) in [4.78, 5) is 7.94. The van der Waals surface area contributed by atoms with Crippen LogP contribution < -0.4 is 0 Å². The summed E-state index contributed by atoms with van der Waals surface area (Å²) in [5.74, 6) is 0. The molecule has 18 heavy (non-hydrogen) atoms. The van der Waals surface area contributed by atoms with Gasteiger partial charge >= 0.3 is 0 Å². The summed E-state index contributed by atoms with van der Waals surface area (Å²) in [7, 11) is 0. The molecule has 0 bridgehead atoms. The van der Waals surface area contributed by atoms with E-state index in [0.29, 0.717) is 19.8 Å². The first-order valence-corrected chi connectivity index (χ1v) is 5.99. The molecule has 2 heterocycles. The Morgan fingerprint density at radius 1 is 1.06 bits per heavy atom. The zero-order valence-corrected chi connectivity index (χ0v) is 10.5. The van der Waals surface area contributed by atoms with E-state index in [1.807, 2.05) is 28.5 Å². The summed E-state index contributed by atoms with van der Waals surface area (Å²) in [6.45, 7) is 4.63. The van der Waals surface area contributed by atoms with Gasteiger partial charge in [0, 0.05) is 31.3 Å².